The van der Waals surface area contributed by atoms with E-state index < -0.39 is 12.0 Å². The van der Waals surface area contributed by atoms with Gasteiger partial charge in [-0.05, 0) is 19.1 Å². The van der Waals surface area contributed by atoms with Crippen LogP contribution in [0, 0.1) is 6.92 Å². The number of rotatable bonds is 3. The minimum Gasteiger partial charge on any atom is -0.496 e. The zero-order valence-corrected chi connectivity index (χ0v) is 8.15. The van der Waals surface area contributed by atoms with Crippen molar-refractivity contribution in [3.63, 3.8) is 0 Å². The third-order valence-electron chi connectivity index (χ3n) is 1.95. The monoisotopic (exact) mass is 195 g/mol. The van der Waals surface area contributed by atoms with Gasteiger partial charge in [0, 0.05) is 5.56 Å². The molecule has 0 aliphatic heterocycles. The summed E-state index contributed by atoms with van der Waals surface area (Å²) in [5.74, 6) is -0.323. The van der Waals surface area contributed by atoms with Gasteiger partial charge in [0.25, 0.3) is 5.91 Å². The number of aliphatic hydroxyl groups excluding tert-OH is 1. The Labute approximate surface area is 82.3 Å². The summed E-state index contributed by atoms with van der Waals surface area (Å²) in [5, 5.41) is 9.48. The first kappa shape index (κ1) is 10.5. The summed E-state index contributed by atoms with van der Waals surface area (Å²) in [7, 11) is 1.47. The third kappa shape index (κ3) is 2.03. The van der Waals surface area contributed by atoms with Gasteiger partial charge in [-0.2, -0.15) is 0 Å². The highest BCUT2D eigenvalue weighted by Gasteiger charge is 2.18. The van der Waals surface area contributed by atoms with E-state index in [0.717, 1.165) is 5.56 Å². The maximum Gasteiger partial charge on any atom is 0.251 e. The highest BCUT2D eigenvalue weighted by atomic mass is 16.5. The van der Waals surface area contributed by atoms with Crippen molar-refractivity contribution in [3.8, 4) is 5.75 Å². The molecule has 1 aromatic carbocycles. The number of carbonyl (C=O) groups is 1. The van der Waals surface area contributed by atoms with Crippen LogP contribution in [0.3, 0.4) is 0 Å². The van der Waals surface area contributed by atoms with E-state index in [-0.39, 0.29) is 0 Å². The van der Waals surface area contributed by atoms with Crippen LogP contribution in [0.15, 0.2) is 18.2 Å². The van der Waals surface area contributed by atoms with Gasteiger partial charge < -0.3 is 15.6 Å². The lowest BCUT2D eigenvalue weighted by Gasteiger charge is -2.12. The van der Waals surface area contributed by atoms with Crippen molar-refractivity contribution in [1.29, 1.82) is 0 Å². The molecule has 1 aromatic rings. The Kier molecular flexibility index (Phi) is 3.09. The second-order valence-corrected chi connectivity index (χ2v) is 3.05. The molecule has 0 aromatic heterocycles. The van der Waals surface area contributed by atoms with Crippen molar-refractivity contribution in [2.45, 2.75) is 13.0 Å². The maximum absolute atomic E-state index is 10.8. The molecule has 0 bridgehead atoms. The maximum atomic E-state index is 10.8. The topological polar surface area (TPSA) is 72.6 Å². The van der Waals surface area contributed by atoms with Gasteiger partial charge in [0.05, 0.1) is 7.11 Å². The van der Waals surface area contributed by atoms with E-state index in [4.69, 9.17) is 10.5 Å². The molecule has 0 aliphatic rings. The second-order valence-electron chi connectivity index (χ2n) is 3.05. The lowest BCUT2D eigenvalue weighted by molar-refractivity contribution is -0.126. The van der Waals surface area contributed by atoms with Crippen LogP contribution >= 0.6 is 0 Å². The molecule has 1 rings (SSSR count). The molecule has 1 amide bonds. The summed E-state index contributed by atoms with van der Waals surface area (Å²) in [4.78, 5) is 10.8. The first-order valence-electron chi connectivity index (χ1n) is 4.18. The van der Waals surface area contributed by atoms with Crippen molar-refractivity contribution >= 4 is 5.91 Å². The van der Waals surface area contributed by atoms with Crippen LogP contribution in [-0.2, 0) is 4.79 Å². The summed E-state index contributed by atoms with van der Waals surface area (Å²) in [6.07, 6.45) is -1.31. The number of amides is 1. The number of aryl methyl sites for hydroxylation is 1. The highest BCUT2D eigenvalue weighted by molar-refractivity contribution is 5.81. The van der Waals surface area contributed by atoms with E-state index in [2.05, 4.69) is 0 Å². The molecule has 1 unspecified atom stereocenters. The SMILES string of the molecule is COc1ccc(C)cc1C(O)C(N)=O. The quantitative estimate of drug-likeness (QED) is 0.738. The fourth-order valence-electron chi connectivity index (χ4n) is 1.22. The van der Waals surface area contributed by atoms with E-state index in [9.17, 15) is 9.90 Å². The first-order chi connectivity index (χ1) is 6.56. The van der Waals surface area contributed by atoms with E-state index >= 15 is 0 Å². The molecule has 0 heterocycles. The predicted octanol–water partition coefficient (Wildman–Crippen LogP) is 0.522. The molecule has 1 atom stereocenters. The molecule has 0 saturated carbocycles. The third-order valence-corrected chi connectivity index (χ3v) is 1.95. The summed E-state index contributed by atoms with van der Waals surface area (Å²) in [6.45, 7) is 1.86. The lowest BCUT2D eigenvalue weighted by atomic mass is 10.1. The van der Waals surface area contributed by atoms with Crippen molar-refractivity contribution < 1.29 is 14.6 Å². The zero-order valence-electron chi connectivity index (χ0n) is 8.15. The van der Waals surface area contributed by atoms with Crippen molar-refractivity contribution in [1.82, 2.24) is 0 Å². The number of methoxy groups -OCH3 is 1. The first-order valence-corrected chi connectivity index (χ1v) is 4.18. The summed E-state index contributed by atoms with van der Waals surface area (Å²) in [5.41, 5.74) is 6.33. The second kappa shape index (κ2) is 4.11. The number of nitrogens with two attached hydrogens (primary N) is 1. The molecular formula is C10H13NO3. The van der Waals surface area contributed by atoms with Crippen molar-refractivity contribution in [3.05, 3.63) is 29.3 Å². The Bertz CT molecular complexity index is 349. The molecular weight excluding hydrogens is 182 g/mol. The number of aliphatic hydroxyl groups is 1. The highest BCUT2D eigenvalue weighted by Crippen LogP contribution is 2.25. The normalized spacial score (nSPS) is 12.2. The summed E-state index contributed by atoms with van der Waals surface area (Å²) in [6, 6.07) is 5.20. The van der Waals surface area contributed by atoms with Crippen molar-refractivity contribution in [2.24, 2.45) is 5.73 Å². The number of carbonyl (C=O) groups excluding carboxylic acids is 1. The smallest absolute Gasteiger partial charge is 0.251 e. The molecule has 0 fully saturated rings. The Morgan fingerprint density at radius 2 is 2.21 bits per heavy atom. The number of benzene rings is 1. The van der Waals surface area contributed by atoms with Crippen LogP contribution in [0.5, 0.6) is 5.75 Å². The fraction of sp³-hybridized carbons (Fsp3) is 0.300. The molecule has 0 spiro atoms. The number of primary amides is 1. The fourth-order valence-corrected chi connectivity index (χ4v) is 1.22. The van der Waals surface area contributed by atoms with Crippen LogP contribution < -0.4 is 10.5 Å². The lowest BCUT2D eigenvalue weighted by Crippen LogP contribution is -2.21. The Hall–Kier alpha value is -1.55. The van der Waals surface area contributed by atoms with E-state index in [0.29, 0.717) is 11.3 Å². The molecule has 76 valence electrons. The van der Waals surface area contributed by atoms with Gasteiger partial charge >= 0.3 is 0 Å². The predicted molar refractivity (Wildman–Crippen MR) is 51.9 cm³/mol. The van der Waals surface area contributed by atoms with Gasteiger partial charge in [-0.3, -0.25) is 4.79 Å². The van der Waals surface area contributed by atoms with Crippen molar-refractivity contribution in [2.75, 3.05) is 7.11 Å². The molecule has 0 saturated heterocycles. The Morgan fingerprint density at radius 3 is 2.71 bits per heavy atom. The minimum absolute atomic E-state index is 0.403. The van der Waals surface area contributed by atoms with Gasteiger partial charge in [-0.25, -0.2) is 0 Å². The van der Waals surface area contributed by atoms with Crippen LogP contribution in [0.1, 0.15) is 17.2 Å². The van der Waals surface area contributed by atoms with Crippen LogP contribution in [0.25, 0.3) is 0 Å². The van der Waals surface area contributed by atoms with Crippen LogP contribution in [0.4, 0.5) is 0 Å². The number of hydrogen-bond donors (Lipinski definition) is 2. The average Bonchev–Trinajstić information content (AvgIpc) is 2.16. The average molecular weight is 195 g/mol. The molecule has 3 N–H and O–H groups in total. The van der Waals surface area contributed by atoms with Gasteiger partial charge in [-0.1, -0.05) is 11.6 Å². The van der Waals surface area contributed by atoms with Gasteiger partial charge in [-0.15, -0.1) is 0 Å². The van der Waals surface area contributed by atoms with E-state index in [1.54, 1.807) is 12.1 Å². The molecule has 14 heavy (non-hydrogen) atoms. The largest absolute Gasteiger partial charge is 0.496 e. The molecule has 4 heteroatoms. The van der Waals surface area contributed by atoms with Gasteiger partial charge in [0.2, 0.25) is 0 Å². The standard InChI is InChI=1S/C10H13NO3/c1-6-3-4-8(14-2)7(5-6)9(12)10(11)13/h3-5,9,12H,1-2H3,(H2,11,13). The van der Waals surface area contributed by atoms with Gasteiger partial charge in [0.15, 0.2) is 6.10 Å². The zero-order chi connectivity index (χ0) is 10.7. The Balaban J connectivity index is 3.16. The summed E-state index contributed by atoms with van der Waals surface area (Å²) < 4.78 is 5.00. The number of ether oxygens (including phenoxy) is 1. The van der Waals surface area contributed by atoms with Gasteiger partial charge in [0.1, 0.15) is 5.75 Å². The van der Waals surface area contributed by atoms with E-state index in [1.165, 1.54) is 7.11 Å². The summed E-state index contributed by atoms with van der Waals surface area (Å²) >= 11 is 0. The molecule has 0 radical (unpaired) electrons. The Morgan fingerprint density at radius 1 is 1.57 bits per heavy atom. The minimum atomic E-state index is -1.31. The molecule has 4 nitrogen and oxygen atoms in total. The number of hydrogen-bond acceptors (Lipinski definition) is 3. The molecule has 0 aliphatic carbocycles. The van der Waals surface area contributed by atoms with Crippen LogP contribution in [0.2, 0.25) is 0 Å². The van der Waals surface area contributed by atoms with Crippen LogP contribution in [-0.4, -0.2) is 18.1 Å². The van der Waals surface area contributed by atoms with E-state index in [1.807, 2.05) is 13.0 Å².